The quantitative estimate of drug-likeness (QED) is 0.800. The molecule has 0 spiro atoms. The lowest BCUT2D eigenvalue weighted by Crippen LogP contribution is -2.18. The van der Waals surface area contributed by atoms with Gasteiger partial charge in [-0.3, -0.25) is 4.98 Å². The van der Waals surface area contributed by atoms with Gasteiger partial charge in [0.05, 0.1) is 0 Å². The molecular weight excluding hydrogens is 193 g/mol. The number of pyridine rings is 1. The maximum Gasteiger partial charge on any atom is 0.433 e. The Kier molecular flexibility index (Phi) is 3.10. The Morgan fingerprint density at radius 1 is 1.43 bits per heavy atom. The summed E-state index contributed by atoms with van der Waals surface area (Å²) in [6.07, 6.45) is -2.62. The molecule has 1 atom stereocenters. The molecular formula is C9H11F3N2. The largest absolute Gasteiger partial charge is 0.433 e. The van der Waals surface area contributed by atoms with Crippen LogP contribution in [0.3, 0.4) is 0 Å². The third-order valence-electron chi connectivity index (χ3n) is 1.67. The SMILES string of the molecule is C[C@@H](N)Cc1ccc(C(F)(F)F)nc1. The predicted octanol–water partition coefficient (Wildman–Crippen LogP) is 1.99. The molecule has 0 saturated carbocycles. The van der Waals surface area contributed by atoms with E-state index in [1.54, 1.807) is 6.92 Å². The average molecular weight is 204 g/mol. The zero-order valence-corrected chi connectivity index (χ0v) is 7.67. The van der Waals surface area contributed by atoms with Crippen LogP contribution in [0.5, 0.6) is 0 Å². The summed E-state index contributed by atoms with van der Waals surface area (Å²) in [5, 5.41) is 0. The highest BCUT2D eigenvalue weighted by molar-refractivity contribution is 5.16. The molecule has 2 N–H and O–H groups in total. The van der Waals surface area contributed by atoms with Gasteiger partial charge in [0.2, 0.25) is 0 Å². The van der Waals surface area contributed by atoms with E-state index in [-0.39, 0.29) is 6.04 Å². The first-order chi connectivity index (χ1) is 6.39. The molecule has 1 aromatic heterocycles. The van der Waals surface area contributed by atoms with Crippen LogP contribution in [-0.2, 0) is 12.6 Å². The van der Waals surface area contributed by atoms with Crippen molar-refractivity contribution in [3.8, 4) is 0 Å². The van der Waals surface area contributed by atoms with Crippen LogP contribution < -0.4 is 5.73 Å². The second kappa shape index (κ2) is 3.96. The first kappa shape index (κ1) is 11.0. The smallest absolute Gasteiger partial charge is 0.328 e. The molecule has 0 aromatic carbocycles. The van der Waals surface area contributed by atoms with Crippen LogP contribution in [0.15, 0.2) is 18.3 Å². The summed E-state index contributed by atoms with van der Waals surface area (Å²) in [6, 6.07) is 2.30. The van der Waals surface area contributed by atoms with E-state index in [2.05, 4.69) is 4.98 Å². The van der Waals surface area contributed by atoms with Crippen LogP contribution in [-0.4, -0.2) is 11.0 Å². The summed E-state index contributed by atoms with van der Waals surface area (Å²) >= 11 is 0. The summed E-state index contributed by atoms with van der Waals surface area (Å²) in [5.41, 5.74) is 5.34. The Labute approximate surface area is 79.9 Å². The Balaban J connectivity index is 2.79. The molecule has 78 valence electrons. The standard InChI is InChI=1S/C9H11F3N2/c1-6(13)4-7-2-3-8(14-5-7)9(10,11)12/h2-3,5-6H,4,13H2,1H3/t6-/m1/s1. The normalized spacial score (nSPS) is 14.1. The van der Waals surface area contributed by atoms with Gasteiger partial charge in [-0.25, -0.2) is 0 Å². The fraction of sp³-hybridized carbons (Fsp3) is 0.444. The van der Waals surface area contributed by atoms with Crippen molar-refractivity contribution in [3.63, 3.8) is 0 Å². The van der Waals surface area contributed by atoms with E-state index in [9.17, 15) is 13.2 Å². The lowest BCUT2D eigenvalue weighted by atomic mass is 10.1. The van der Waals surface area contributed by atoms with E-state index in [4.69, 9.17) is 5.73 Å². The molecule has 14 heavy (non-hydrogen) atoms. The van der Waals surface area contributed by atoms with Gasteiger partial charge in [-0.15, -0.1) is 0 Å². The molecule has 0 aliphatic carbocycles. The summed E-state index contributed by atoms with van der Waals surface area (Å²) < 4.78 is 36.3. The van der Waals surface area contributed by atoms with Gasteiger partial charge in [-0.2, -0.15) is 13.2 Å². The van der Waals surface area contributed by atoms with Crippen LogP contribution >= 0.6 is 0 Å². The molecule has 0 amide bonds. The summed E-state index contributed by atoms with van der Waals surface area (Å²) in [6.45, 7) is 1.79. The molecule has 0 saturated heterocycles. The minimum atomic E-state index is -4.37. The topological polar surface area (TPSA) is 38.9 Å². The number of aromatic nitrogens is 1. The molecule has 1 rings (SSSR count). The number of nitrogens with zero attached hydrogens (tertiary/aromatic N) is 1. The average Bonchev–Trinajstić information content (AvgIpc) is 2.02. The van der Waals surface area contributed by atoms with E-state index in [0.717, 1.165) is 6.07 Å². The van der Waals surface area contributed by atoms with Gasteiger partial charge in [-0.05, 0) is 25.0 Å². The van der Waals surface area contributed by atoms with Crippen molar-refractivity contribution < 1.29 is 13.2 Å². The van der Waals surface area contributed by atoms with Crippen molar-refractivity contribution in [2.75, 3.05) is 0 Å². The zero-order valence-electron chi connectivity index (χ0n) is 7.67. The lowest BCUT2D eigenvalue weighted by molar-refractivity contribution is -0.141. The fourth-order valence-electron chi connectivity index (χ4n) is 1.08. The lowest BCUT2D eigenvalue weighted by Gasteiger charge is -2.07. The number of alkyl halides is 3. The minimum Gasteiger partial charge on any atom is -0.328 e. The Morgan fingerprint density at radius 3 is 2.43 bits per heavy atom. The van der Waals surface area contributed by atoms with E-state index < -0.39 is 11.9 Å². The van der Waals surface area contributed by atoms with Crippen molar-refractivity contribution in [1.29, 1.82) is 0 Å². The minimum absolute atomic E-state index is 0.0754. The monoisotopic (exact) mass is 204 g/mol. The molecule has 0 unspecified atom stereocenters. The third kappa shape index (κ3) is 2.99. The van der Waals surface area contributed by atoms with Crippen molar-refractivity contribution in [1.82, 2.24) is 4.98 Å². The van der Waals surface area contributed by atoms with Gasteiger partial charge in [0, 0.05) is 12.2 Å². The first-order valence-corrected chi connectivity index (χ1v) is 4.17. The number of halogens is 3. The van der Waals surface area contributed by atoms with Gasteiger partial charge in [0.1, 0.15) is 5.69 Å². The first-order valence-electron chi connectivity index (χ1n) is 4.17. The van der Waals surface area contributed by atoms with E-state index in [1.807, 2.05) is 0 Å². The Bertz CT molecular complexity index is 290. The van der Waals surface area contributed by atoms with E-state index in [0.29, 0.717) is 12.0 Å². The Hall–Kier alpha value is -1.10. The van der Waals surface area contributed by atoms with Crippen molar-refractivity contribution in [2.24, 2.45) is 5.73 Å². The molecule has 0 aliphatic heterocycles. The molecule has 5 heteroatoms. The number of hydrogen-bond acceptors (Lipinski definition) is 2. The summed E-state index contributed by atoms with van der Waals surface area (Å²) in [4.78, 5) is 3.32. The highest BCUT2D eigenvalue weighted by Crippen LogP contribution is 2.27. The second-order valence-corrected chi connectivity index (χ2v) is 3.23. The van der Waals surface area contributed by atoms with Gasteiger partial charge >= 0.3 is 6.18 Å². The molecule has 1 heterocycles. The maximum absolute atomic E-state index is 12.1. The third-order valence-corrected chi connectivity index (χ3v) is 1.67. The molecule has 0 bridgehead atoms. The number of nitrogens with two attached hydrogens (primary N) is 1. The summed E-state index contributed by atoms with van der Waals surface area (Å²) in [5.74, 6) is 0. The van der Waals surface area contributed by atoms with Crippen molar-refractivity contribution >= 4 is 0 Å². The number of hydrogen-bond donors (Lipinski definition) is 1. The molecule has 1 aromatic rings. The second-order valence-electron chi connectivity index (χ2n) is 3.23. The fourth-order valence-corrected chi connectivity index (χ4v) is 1.08. The molecule has 0 radical (unpaired) electrons. The van der Waals surface area contributed by atoms with Crippen molar-refractivity contribution in [2.45, 2.75) is 25.6 Å². The van der Waals surface area contributed by atoms with Crippen LogP contribution in [0.4, 0.5) is 13.2 Å². The summed E-state index contributed by atoms with van der Waals surface area (Å²) in [7, 11) is 0. The zero-order chi connectivity index (χ0) is 10.8. The van der Waals surface area contributed by atoms with Gasteiger partial charge in [-0.1, -0.05) is 6.07 Å². The van der Waals surface area contributed by atoms with Crippen LogP contribution in [0.25, 0.3) is 0 Å². The highest BCUT2D eigenvalue weighted by Gasteiger charge is 2.31. The molecule has 0 fully saturated rings. The molecule has 0 aliphatic rings. The van der Waals surface area contributed by atoms with E-state index in [1.165, 1.54) is 12.3 Å². The van der Waals surface area contributed by atoms with Gasteiger partial charge < -0.3 is 5.73 Å². The van der Waals surface area contributed by atoms with Crippen LogP contribution in [0, 0.1) is 0 Å². The maximum atomic E-state index is 12.1. The van der Waals surface area contributed by atoms with Gasteiger partial charge in [0.15, 0.2) is 0 Å². The van der Waals surface area contributed by atoms with E-state index >= 15 is 0 Å². The van der Waals surface area contributed by atoms with Crippen LogP contribution in [0.1, 0.15) is 18.2 Å². The van der Waals surface area contributed by atoms with Crippen molar-refractivity contribution in [3.05, 3.63) is 29.6 Å². The van der Waals surface area contributed by atoms with Crippen LogP contribution in [0.2, 0.25) is 0 Å². The Morgan fingerprint density at radius 2 is 2.07 bits per heavy atom. The van der Waals surface area contributed by atoms with Gasteiger partial charge in [0.25, 0.3) is 0 Å². The molecule has 2 nitrogen and oxygen atoms in total. The predicted molar refractivity (Wildman–Crippen MR) is 46.6 cm³/mol. The number of rotatable bonds is 2. The highest BCUT2D eigenvalue weighted by atomic mass is 19.4.